The van der Waals surface area contributed by atoms with E-state index >= 15 is 0 Å². The Labute approximate surface area is 179 Å². The van der Waals surface area contributed by atoms with Crippen molar-refractivity contribution in [3.8, 4) is 28.8 Å². The van der Waals surface area contributed by atoms with Gasteiger partial charge in [-0.1, -0.05) is 12.1 Å². The number of hydrogen-bond acceptors (Lipinski definition) is 5. The third-order valence-corrected chi connectivity index (χ3v) is 5.98. The van der Waals surface area contributed by atoms with Gasteiger partial charge in [-0.3, -0.25) is 9.78 Å². The van der Waals surface area contributed by atoms with Crippen molar-refractivity contribution in [2.45, 2.75) is 25.0 Å². The number of nitriles is 1. The molecule has 2 unspecified atom stereocenters. The third-order valence-electron chi connectivity index (χ3n) is 5.98. The number of aromatic nitrogens is 1. The number of ether oxygens (including phenoxy) is 1. The molecule has 1 amide bonds. The van der Waals surface area contributed by atoms with E-state index in [4.69, 9.17) is 10.00 Å². The summed E-state index contributed by atoms with van der Waals surface area (Å²) in [5.41, 5.74) is 2.24. The highest BCUT2D eigenvalue weighted by Gasteiger charge is 2.60. The second-order valence-electron chi connectivity index (χ2n) is 7.77. The minimum absolute atomic E-state index is 0.0139. The molecular weight excluding hydrogens is 395 g/mol. The highest BCUT2D eigenvalue weighted by Crippen LogP contribution is 2.41. The zero-order valence-electron chi connectivity index (χ0n) is 16.8. The van der Waals surface area contributed by atoms with Crippen LogP contribution in [0.25, 0.3) is 11.1 Å². The minimum atomic E-state index is -0.326. The Bertz CT molecular complexity index is 1170. The molecular formula is C24H19FN4O2. The van der Waals surface area contributed by atoms with Crippen LogP contribution in [0.2, 0.25) is 0 Å². The maximum atomic E-state index is 13.2. The van der Waals surface area contributed by atoms with Crippen LogP contribution >= 0.6 is 0 Å². The molecule has 31 heavy (non-hydrogen) atoms. The summed E-state index contributed by atoms with van der Waals surface area (Å²) in [6, 6.07) is 15.2. The molecule has 2 aromatic carbocycles. The van der Waals surface area contributed by atoms with E-state index in [1.807, 2.05) is 24.0 Å². The lowest BCUT2D eigenvalue weighted by Crippen LogP contribution is -2.35. The lowest BCUT2D eigenvalue weighted by Gasteiger charge is -2.21. The number of rotatable bonds is 4. The van der Waals surface area contributed by atoms with Gasteiger partial charge in [0.2, 0.25) is 0 Å². The molecule has 2 fully saturated rings. The Kier molecular flexibility index (Phi) is 4.55. The second kappa shape index (κ2) is 7.40. The largest absolute Gasteiger partial charge is 0.457 e. The average molecular weight is 414 g/mol. The van der Waals surface area contributed by atoms with E-state index in [-0.39, 0.29) is 29.8 Å². The molecule has 154 valence electrons. The molecule has 2 saturated heterocycles. The van der Waals surface area contributed by atoms with Gasteiger partial charge < -0.3 is 14.5 Å². The Morgan fingerprint density at radius 1 is 1.16 bits per heavy atom. The fourth-order valence-corrected chi connectivity index (χ4v) is 4.28. The van der Waals surface area contributed by atoms with Gasteiger partial charge in [-0.2, -0.15) is 5.26 Å². The molecule has 6 nitrogen and oxygen atoms in total. The van der Waals surface area contributed by atoms with Crippen molar-refractivity contribution < 1.29 is 13.9 Å². The SMILES string of the molecule is CC1[C@H]2C(CN1C#N)N2C(=O)c1ccc(-c2cnccc2Oc2ccc(F)cc2)cc1. The van der Waals surface area contributed by atoms with Crippen LogP contribution in [0.4, 0.5) is 4.39 Å². The van der Waals surface area contributed by atoms with Crippen molar-refractivity contribution in [2.24, 2.45) is 0 Å². The van der Waals surface area contributed by atoms with Gasteiger partial charge in [-0.05, 0) is 55.0 Å². The van der Waals surface area contributed by atoms with E-state index in [1.165, 1.54) is 12.1 Å². The molecule has 0 spiro atoms. The minimum Gasteiger partial charge on any atom is -0.457 e. The summed E-state index contributed by atoms with van der Waals surface area (Å²) in [5, 5.41) is 9.12. The van der Waals surface area contributed by atoms with Crippen LogP contribution in [0.3, 0.4) is 0 Å². The number of fused-ring (bicyclic) bond motifs is 1. The molecule has 3 atom stereocenters. The molecule has 0 saturated carbocycles. The number of likely N-dealkylation sites (tertiary alicyclic amines) is 1. The molecule has 3 heterocycles. The fraction of sp³-hybridized carbons (Fsp3) is 0.208. The number of carbonyl (C=O) groups excluding carboxylic acids is 1. The molecule has 1 aromatic heterocycles. The lowest BCUT2D eigenvalue weighted by molar-refractivity contribution is 0.0832. The first-order chi connectivity index (χ1) is 15.1. The highest BCUT2D eigenvalue weighted by atomic mass is 19.1. The van der Waals surface area contributed by atoms with Crippen molar-refractivity contribution in [3.05, 3.63) is 78.4 Å². The van der Waals surface area contributed by atoms with Crippen molar-refractivity contribution in [1.29, 1.82) is 5.26 Å². The van der Waals surface area contributed by atoms with Gasteiger partial charge in [0.15, 0.2) is 6.19 Å². The summed E-state index contributed by atoms with van der Waals surface area (Å²) in [6.45, 7) is 2.58. The Hall–Kier alpha value is -3.92. The molecule has 2 aliphatic rings. The third kappa shape index (κ3) is 3.36. The number of benzene rings is 2. The van der Waals surface area contributed by atoms with Gasteiger partial charge in [-0.15, -0.1) is 0 Å². The van der Waals surface area contributed by atoms with Crippen molar-refractivity contribution >= 4 is 5.91 Å². The molecule has 0 aliphatic carbocycles. The number of pyridine rings is 1. The van der Waals surface area contributed by atoms with Gasteiger partial charge >= 0.3 is 0 Å². The quantitative estimate of drug-likeness (QED) is 0.476. The van der Waals surface area contributed by atoms with Crippen molar-refractivity contribution in [1.82, 2.24) is 14.8 Å². The standard InChI is InChI=1S/C24H19FN4O2/c1-15-23-21(13-28(15)14-26)29(23)24(30)17-4-2-16(3-5-17)20-12-27-11-10-22(20)31-19-8-6-18(25)7-9-19/h2-12,15,21,23H,13H2,1H3/t15?,21?,23-,29?/m0/s1. The second-order valence-corrected chi connectivity index (χ2v) is 7.77. The van der Waals surface area contributed by atoms with Gasteiger partial charge in [-0.25, -0.2) is 4.39 Å². The van der Waals surface area contributed by atoms with Gasteiger partial charge in [0.1, 0.15) is 17.3 Å². The van der Waals surface area contributed by atoms with Gasteiger partial charge in [0.05, 0.1) is 24.7 Å². The number of amides is 1. The van der Waals surface area contributed by atoms with Crippen LogP contribution < -0.4 is 4.74 Å². The maximum Gasteiger partial charge on any atom is 0.254 e. The summed E-state index contributed by atoms with van der Waals surface area (Å²) < 4.78 is 19.1. The monoisotopic (exact) mass is 414 g/mol. The first-order valence-corrected chi connectivity index (χ1v) is 10.0. The summed E-state index contributed by atoms with van der Waals surface area (Å²) in [5.74, 6) is 0.772. The predicted octanol–water partition coefficient (Wildman–Crippen LogP) is 4.06. The average Bonchev–Trinajstić information content (AvgIpc) is 3.42. The Morgan fingerprint density at radius 2 is 1.90 bits per heavy atom. The van der Waals surface area contributed by atoms with E-state index in [0.717, 1.165) is 11.1 Å². The topological polar surface area (TPSA) is 69.2 Å². The van der Waals surface area contributed by atoms with E-state index < -0.39 is 0 Å². The normalized spacial score (nSPS) is 21.4. The Balaban J connectivity index is 1.34. The highest BCUT2D eigenvalue weighted by molar-refractivity contribution is 5.97. The fourth-order valence-electron chi connectivity index (χ4n) is 4.28. The van der Waals surface area contributed by atoms with Gasteiger partial charge in [0.25, 0.3) is 5.91 Å². The van der Waals surface area contributed by atoms with Crippen LogP contribution in [0.15, 0.2) is 67.0 Å². The molecule has 7 heteroatoms. The first kappa shape index (κ1) is 19.1. The van der Waals surface area contributed by atoms with Gasteiger partial charge in [0, 0.05) is 23.5 Å². The van der Waals surface area contributed by atoms with E-state index in [2.05, 4.69) is 11.2 Å². The Morgan fingerprint density at radius 3 is 2.55 bits per heavy atom. The number of nitrogens with zero attached hydrogens (tertiary/aromatic N) is 4. The molecule has 0 radical (unpaired) electrons. The van der Waals surface area contributed by atoms with Crippen molar-refractivity contribution in [2.75, 3.05) is 6.54 Å². The van der Waals surface area contributed by atoms with Crippen LogP contribution in [0, 0.1) is 17.3 Å². The summed E-state index contributed by atoms with van der Waals surface area (Å²) in [4.78, 5) is 20.7. The zero-order valence-corrected chi connectivity index (χ0v) is 16.8. The van der Waals surface area contributed by atoms with E-state index in [0.29, 0.717) is 23.6 Å². The van der Waals surface area contributed by atoms with Crippen molar-refractivity contribution in [3.63, 3.8) is 0 Å². The molecule has 5 rings (SSSR count). The van der Waals surface area contributed by atoms with E-state index in [1.54, 1.807) is 47.6 Å². The zero-order chi connectivity index (χ0) is 21.5. The number of piperazine rings is 1. The summed E-state index contributed by atoms with van der Waals surface area (Å²) >= 11 is 0. The number of carbonyl (C=O) groups is 1. The van der Waals surface area contributed by atoms with Crippen LogP contribution in [0.1, 0.15) is 17.3 Å². The summed E-state index contributed by atoms with van der Waals surface area (Å²) in [7, 11) is 0. The predicted molar refractivity (Wildman–Crippen MR) is 112 cm³/mol. The van der Waals surface area contributed by atoms with Crippen LogP contribution in [-0.4, -0.2) is 45.4 Å². The molecule has 0 N–H and O–H groups in total. The molecule has 0 bridgehead atoms. The summed E-state index contributed by atoms with van der Waals surface area (Å²) in [6.07, 6.45) is 5.51. The number of halogens is 1. The smallest absolute Gasteiger partial charge is 0.254 e. The number of hydrogen-bond donors (Lipinski definition) is 0. The van der Waals surface area contributed by atoms with Crippen LogP contribution in [-0.2, 0) is 0 Å². The lowest BCUT2D eigenvalue weighted by atomic mass is 10.0. The first-order valence-electron chi connectivity index (χ1n) is 10.0. The van der Waals surface area contributed by atoms with E-state index in [9.17, 15) is 9.18 Å². The van der Waals surface area contributed by atoms with Crippen LogP contribution in [0.5, 0.6) is 11.5 Å². The molecule has 3 aromatic rings. The maximum absolute atomic E-state index is 13.2. The molecule has 2 aliphatic heterocycles.